The van der Waals surface area contributed by atoms with Crippen LogP contribution in [0, 0.1) is 0 Å². The lowest BCUT2D eigenvalue weighted by Gasteiger charge is -2.41. The minimum Gasteiger partial charge on any atom is -0.363 e. The van der Waals surface area contributed by atoms with Crippen LogP contribution in [0.25, 0.3) is 0 Å². The Balaban J connectivity index is 1.90. The summed E-state index contributed by atoms with van der Waals surface area (Å²) in [5.74, 6) is 0.108. The third-order valence-corrected chi connectivity index (χ3v) is 4.55. The number of rotatable bonds is 3. The van der Waals surface area contributed by atoms with Gasteiger partial charge in [0.15, 0.2) is 0 Å². The standard InChI is InChI=1S/C20H24N2O/c1-4-17-9-11-18(12-10-17)14-21-13-15(2)22(16(3)23)20-8-6-5-7-19(20)21/h5-12,15H,4,13-14H2,1-3H3/t15-/m0/s1. The highest BCUT2D eigenvalue weighted by molar-refractivity contribution is 5.97. The van der Waals surface area contributed by atoms with Gasteiger partial charge in [0.05, 0.1) is 17.4 Å². The van der Waals surface area contributed by atoms with Gasteiger partial charge in [-0.15, -0.1) is 0 Å². The molecule has 0 bridgehead atoms. The average Bonchev–Trinajstić information content (AvgIpc) is 2.55. The van der Waals surface area contributed by atoms with Crippen molar-refractivity contribution in [1.29, 1.82) is 0 Å². The predicted octanol–water partition coefficient (Wildman–Crippen LogP) is 4.01. The van der Waals surface area contributed by atoms with Gasteiger partial charge in [-0.2, -0.15) is 0 Å². The van der Waals surface area contributed by atoms with Gasteiger partial charge in [-0.3, -0.25) is 4.79 Å². The number of carbonyl (C=O) groups is 1. The number of fused-ring (bicyclic) bond motifs is 1. The fourth-order valence-corrected chi connectivity index (χ4v) is 3.40. The molecule has 0 saturated carbocycles. The van der Waals surface area contributed by atoms with E-state index < -0.39 is 0 Å². The summed E-state index contributed by atoms with van der Waals surface area (Å²) in [4.78, 5) is 16.3. The Morgan fingerprint density at radius 1 is 1.04 bits per heavy atom. The molecule has 0 saturated heterocycles. The van der Waals surface area contributed by atoms with Crippen molar-refractivity contribution in [1.82, 2.24) is 0 Å². The highest BCUT2D eigenvalue weighted by Gasteiger charge is 2.30. The highest BCUT2D eigenvalue weighted by atomic mass is 16.2. The Hall–Kier alpha value is -2.29. The van der Waals surface area contributed by atoms with Gasteiger partial charge in [-0.05, 0) is 36.6 Å². The predicted molar refractivity (Wildman–Crippen MR) is 95.9 cm³/mol. The molecule has 3 heteroatoms. The largest absolute Gasteiger partial charge is 0.363 e. The maximum absolute atomic E-state index is 12.0. The van der Waals surface area contributed by atoms with Crippen LogP contribution < -0.4 is 9.80 Å². The quantitative estimate of drug-likeness (QED) is 0.855. The van der Waals surface area contributed by atoms with Crippen LogP contribution in [0.15, 0.2) is 48.5 Å². The normalized spacial score (nSPS) is 17.1. The van der Waals surface area contributed by atoms with Crippen LogP contribution in [0.4, 0.5) is 11.4 Å². The zero-order valence-electron chi connectivity index (χ0n) is 14.1. The number of carbonyl (C=O) groups excluding carboxylic acids is 1. The molecule has 0 spiro atoms. The molecule has 1 aliphatic rings. The molecule has 1 aliphatic heterocycles. The number of hydrogen-bond donors (Lipinski definition) is 0. The van der Waals surface area contributed by atoms with Crippen molar-refractivity contribution in [3.63, 3.8) is 0 Å². The van der Waals surface area contributed by atoms with Crippen molar-refractivity contribution >= 4 is 17.3 Å². The van der Waals surface area contributed by atoms with E-state index in [0.29, 0.717) is 0 Å². The Bertz CT molecular complexity index is 693. The molecule has 0 unspecified atom stereocenters. The molecule has 3 nitrogen and oxygen atoms in total. The van der Waals surface area contributed by atoms with Crippen LogP contribution >= 0.6 is 0 Å². The number of benzene rings is 2. The number of hydrogen-bond acceptors (Lipinski definition) is 2. The second-order valence-electron chi connectivity index (χ2n) is 6.28. The molecular formula is C20H24N2O. The second-order valence-corrected chi connectivity index (χ2v) is 6.28. The van der Waals surface area contributed by atoms with E-state index in [1.54, 1.807) is 6.92 Å². The van der Waals surface area contributed by atoms with E-state index in [0.717, 1.165) is 30.9 Å². The molecule has 1 heterocycles. The molecule has 2 aromatic rings. The fourth-order valence-electron chi connectivity index (χ4n) is 3.40. The van der Waals surface area contributed by atoms with Gasteiger partial charge in [0.1, 0.15) is 0 Å². The molecule has 2 aromatic carbocycles. The summed E-state index contributed by atoms with van der Waals surface area (Å²) >= 11 is 0. The number of aryl methyl sites for hydroxylation is 1. The molecule has 0 radical (unpaired) electrons. The summed E-state index contributed by atoms with van der Waals surface area (Å²) in [6, 6.07) is 17.2. The van der Waals surface area contributed by atoms with Crippen LogP contribution in [-0.2, 0) is 17.8 Å². The maximum atomic E-state index is 12.0. The van der Waals surface area contributed by atoms with Crippen molar-refractivity contribution in [3.05, 3.63) is 59.7 Å². The van der Waals surface area contributed by atoms with Gasteiger partial charge in [0.2, 0.25) is 5.91 Å². The van der Waals surface area contributed by atoms with Gasteiger partial charge < -0.3 is 9.80 Å². The van der Waals surface area contributed by atoms with Crippen molar-refractivity contribution in [3.8, 4) is 0 Å². The van der Waals surface area contributed by atoms with E-state index in [2.05, 4.69) is 49.1 Å². The van der Waals surface area contributed by atoms with Crippen molar-refractivity contribution in [2.75, 3.05) is 16.3 Å². The zero-order chi connectivity index (χ0) is 16.4. The van der Waals surface area contributed by atoms with E-state index in [9.17, 15) is 4.79 Å². The first-order valence-electron chi connectivity index (χ1n) is 8.31. The molecule has 120 valence electrons. The van der Waals surface area contributed by atoms with Gasteiger partial charge in [0, 0.05) is 20.0 Å². The Morgan fingerprint density at radius 3 is 2.26 bits per heavy atom. The molecule has 0 aromatic heterocycles. The van der Waals surface area contributed by atoms with Gasteiger partial charge in [-0.1, -0.05) is 43.3 Å². The minimum atomic E-state index is 0.108. The van der Waals surface area contributed by atoms with Gasteiger partial charge >= 0.3 is 0 Å². The summed E-state index contributed by atoms with van der Waals surface area (Å²) in [7, 11) is 0. The number of anilines is 2. The van der Waals surface area contributed by atoms with Crippen LogP contribution in [0.5, 0.6) is 0 Å². The summed E-state index contributed by atoms with van der Waals surface area (Å²) in [5, 5.41) is 0. The zero-order valence-corrected chi connectivity index (χ0v) is 14.1. The Kier molecular flexibility index (Phi) is 4.37. The number of amides is 1. The molecule has 3 rings (SSSR count). The number of nitrogens with zero attached hydrogens (tertiary/aromatic N) is 2. The van der Waals surface area contributed by atoms with Gasteiger partial charge in [0.25, 0.3) is 0 Å². The molecule has 1 atom stereocenters. The van der Waals surface area contributed by atoms with E-state index in [-0.39, 0.29) is 11.9 Å². The average molecular weight is 308 g/mol. The van der Waals surface area contributed by atoms with Crippen LogP contribution in [0.1, 0.15) is 31.9 Å². The first-order valence-corrected chi connectivity index (χ1v) is 8.31. The van der Waals surface area contributed by atoms with Crippen molar-refractivity contribution < 1.29 is 4.79 Å². The van der Waals surface area contributed by atoms with Crippen molar-refractivity contribution in [2.45, 2.75) is 39.8 Å². The summed E-state index contributed by atoms with van der Waals surface area (Å²) in [6.45, 7) is 7.66. The van der Waals surface area contributed by atoms with Crippen LogP contribution in [0.2, 0.25) is 0 Å². The molecule has 0 fully saturated rings. The van der Waals surface area contributed by atoms with E-state index in [1.807, 2.05) is 23.1 Å². The third kappa shape index (κ3) is 3.09. The molecule has 0 aliphatic carbocycles. The van der Waals surface area contributed by atoms with E-state index in [1.165, 1.54) is 11.1 Å². The van der Waals surface area contributed by atoms with E-state index >= 15 is 0 Å². The third-order valence-electron chi connectivity index (χ3n) is 4.55. The summed E-state index contributed by atoms with van der Waals surface area (Å²) in [5.41, 5.74) is 4.83. The first kappa shape index (κ1) is 15.6. The Morgan fingerprint density at radius 2 is 1.65 bits per heavy atom. The Labute approximate surface area is 138 Å². The van der Waals surface area contributed by atoms with Gasteiger partial charge in [-0.25, -0.2) is 0 Å². The fraction of sp³-hybridized carbons (Fsp3) is 0.350. The summed E-state index contributed by atoms with van der Waals surface area (Å²) in [6.07, 6.45) is 1.07. The maximum Gasteiger partial charge on any atom is 0.224 e. The molecule has 23 heavy (non-hydrogen) atoms. The number of para-hydroxylation sites is 2. The molecular weight excluding hydrogens is 284 g/mol. The lowest BCUT2D eigenvalue weighted by molar-refractivity contribution is -0.117. The lowest BCUT2D eigenvalue weighted by Crippen LogP contribution is -2.49. The highest BCUT2D eigenvalue weighted by Crippen LogP contribution is 2.36. The second kappa shape index (κ2) is 6.45. The topological polar surface area (TPSA) is 23.6 Å². The monoisotopic (exact) mass is 308 g/mol. The van der Waals surface area contributed by atoms with Crippen LogP contribution in [0.3, 0.4) is 0 Å². The smallest absolute Gasteiger partial charge is 0.224 e. The van der Waals surface area contributed by atoms with Crippen molar-refractivity contribution in [2.24, 2.45) is 0 Å². The van der Waals surface area contributed by atoms with Crippen LogP contribution in [-0.4, -0.2) is 18.5 Å². The van der Waals surface area contributed by atoms with E-state index in [4.69, 9.17) is 0 Å². The molecule has 1 amide bonds. The summed E-state index contributed by atoms with van der Waals surface area (Å²) < 4.78 is 0. The first-order chi connectivity index (χ1) is 11.1. The molecule has 0 N–H and O–H groups in total. The SMILES string of the molecule is CCc1ccc(CN2C[C@H](C)N(C(C)=O)c3ccccc32)cc1. The lowest BCUT2D eigenvalue weighted by atomic mass is 10.1. The minimum absolute atomic E-state index is 0.108.